The van der Waals surface area contributed by atoms with Crippen molar-refractivity contribution in [3.05, 3.63) is 22.4 Å². The normalized spacial score (nSPS) is 21.9. The molecule has 1 aliphatic rings. The minimum Gasteiger partial charge on any atom is -0.292 e. The van der Waals surface area contributed by atoms with Crippen LogP contribution in [0.5, 0.6) is 0 Å². The minimum absolute atomic E-state index is 0.00514. The standard InChI is InChI=1S/C11H15NO3S3/c1-18(14,15)11-8-16-6-4-12(11)7-9(13)10-3-2-5-17-10/h2-3,5,11H,4,6-8H2,1H3. The van der Waals surface area contributed by atoms with Crippen molar-refractivity contribution in [2.75, 3.05) is 30.9 Å². The van der Waals surface area contributed by atoms with E-state index in [1.165, 1.54) is 17.6 Å². The van der Waals surface area contributed by atoms with Crippen molar-refractivity contribution in [3.63, 3.8) is 0 Å². The Morgan fingerprint density at radius 1 is 1.56 bits per heavy atom. The zero-order valence-electron chi connectivity index (χ0n) is 10.0. The number of hydrogen-bond donors (Lipinski definition) is 0. The topological polar surface area (TPSA) is 54.5 Å². The van der Waals surface area contributed by atoms with E-state index in [0.29, 0.717) is 17.2 Å². The molecule has 0 aromatic carbocycles. The number of carbonyl (C=O) groups is 1. The number of nitrogens with zero attached hydrogens (tertiary/aromatic N) is 1. The van der Waals surface area contributed by atoms with E-state index in [9.17, 15) is 13.2 Å². The van der Waals surface area contributed by atoms with Gasteiger partial charge in [-0.2, -0.15) is 11.8 Å². The van der Waals surface area contributed by atoms with E-state index < -0.39 is 15.2 Å². The van der Waals surface area contributed by atoms with Gasteiger partial charge in [0.2, 0.25) is 0 Å². The highest BCUT2D eigenvalue weighted by atomic mass is 32.2. The lowest BCUT2D eigenvalue weighted by Crippen LogP contribution is -2.48. The fourth-order valence-corrected chi connectivity index (χ4v) is 5.49. The van der Waals surface area contributed by atoms with Gasteiger partial charge in [-0.25, -0.2) is 8.42 Å². The quantitative estimate of drug-likeness (QED) is 0.786. The zero-order valence-corrected chi connectivity index (χ0v) is 12.5. The van der Waals surface area contributed by atoms with Crippen LogP contribution in [0.3, 0.4) is 0 Å². The molecule has 1 unspecified atom stereocenters. The summed E-state index contributed by atoms with van der Waals surface area (Å²) in [5, 5.41) is 1.33. The van der Waals surface area contributed by atoms with Crippen molar-refractivity contribution in [1.29, 1.82) is 0 Å². The van der Waals surface area contributed by atoms with Crippen molar-refractivity contribution in [1.82, 2.24) is 4.90 Å². The largest absolute Gasteiger partial charge is 0.292 e. The van der Waals surface area contributed by atoms with Crippen LogP contribution in [0.25, 0.3) is 0 Å². The van der Waals surface area contributed by atoms with Crippen molar-refractivity contribution < 1.29 is 13.2 Å². The second-order valence-electron chi connectivity index (χ2n) is 4.23. The Morgan fingerprint density at radius 2 is 2.33 bits per heavy atom. The summed E-state index contributed by atoms with van der Waals surface area (Å²) in [5.41, 5.74) is 0. The van der Waals surface area contributed by atoms with E-state index in [4.69, 9.17) is 0 Å². The van der Waals surface area contributed by atoms with Gasteiger partial charge in [-0.15, -0.1) is 11.3 Å². The lowest BCUT2D eigenvalue weighted by atomic mass is 10.3. The predicted octanol–water partition coefficient (Wildman–Crippen LogP) is 1.35. The molecular formula is C11H15NO3S3. The number of Topliss-reactive ketones (excluding diaryl/α,β-unsaturated/α-hetero) is 1. The maximum atomic E-state index is 12.0. The maximum Gasteiger partial charge on any atom is 0.186 e. The summed E-state index contributed by atoms with van der Waals surface area (Å²) >= 11 is 3.03. The molecular weight excluding hydrogens is 290 g/mol. The van der Waals surface area contributed by atoms with Gasteiger partial charge in [-0.1, -0.05) is 6.07 Å². The van der Waals surface area contributed by atoms with Crippen LogP contribution in [-0.2, 0) is 9.84 Å². The molecule has 2 rings (SSSR count). The summed E-state index contributed by atoms with van der Waals surface area (Å²) in [6.45, 7) is 0.846. The number of thioether (sulfide) groups is 1. The van der Waals surface area contributed by atoms with Gasteiger partial charge < -0.3 is 0 Å². The fourth-order valence-electron chi connectivity index (χ4n) is 1.89. The van der Waals surface area contributed by atoms with Gasteiger partial charge in [0.25, 0.3) is 0 Å². The number of thiophene rings is 1. The van der Waals surface area contributed by atoms with Crippen LogP contribution in [0.2, 0.25) is 0 Å². The first kappa shape index (κ1) is 14.0. The van der Waals surface area contributed by atoms with Crippen LogP contribution in [0, 0.1) is 0 Å². The van der Waals surface area contributed by atoms with Gasteiger partial charge in [0, 0.05) is 24.3 Å². The van der Waals surface area contributed by atoms with Gasteiger partial charge in [0.15, 0.2) is 15.6 Å². The van der Waals surface area contributed by atoms with Gasteiger partial charge in [0.1, 0.15) is 5.37 Å². The summed E-state index contributed by atoms with van der Waals surface area (Å²) in [6, 6.07) is 3.61. The smallest absolute Gasteiger partial charge is 0.186 e. The average Bonchev–Trinajstić information content (AvgIpc) is 2.81. The zero-order chi connectivity index (χ0) is 13.2. The second-order valence-corrected chi connectivity index (χ2v) is 8.53. The molecule has 0 aliphatic carbocycles. The molecule has 4 nitrogen and oxygen atoms in total. The van der Waals surface area contributed by atoms with Gasteiger partial charge in [-0.05, 0) is 11.4 Å². The van der Waals surface area contributed by atoms with Crippen LogP contribution in [-0.4, -0.2) is 55.3 Å². The SMILES string of the molecule is CS(=O)(=O)C1CSCCN1CC(=O)c1cccs1. The number of sulfone groups is 1. The third-order valence-electron chi connectivity index (χ3n) is 2.83. The van der Waals surface area contributed by atoms with Gasteiger partial charge >= 0.3 is 0 Å². The molecule has 2 heterocycles. The van der Waals surface area contributed by atoms with Crippen molar-refractivity contribution in [2.45, 2.75) is 5.37 Å². The van der Waals surface area contributed by atoms with Crippen LogP contribution in [0.4, 0.5) is 0 Å². The lowest BCUT2D eigenvalue weighted by Gasteiger charge is -2.33. The molecule has 1 atom stereocenters. The third kappa shape index (κ3) is 3.34. The Bertz CT molecular complexity index is 510. The summed E-state index contributed by atoms with van der Waals surface area (Å²) in [5.74, 6) is 1.44. The lowest BCUT2D eigenvalue weighted by molar-refractivity contribution is 0.0932. The van der Waals surface area contributed by atoms with E-state index in [-0.39, 0.29) is 12.3 Å². The van der Waals surface area contributed by atoms with E-state index in [0.717, 1.165) is 5.75 Å². The molecule has 100 valence electrons. The van der Waals surface area contributed by atoms with E-state index in [2.05, 4.69) is 0 Å². The Balaban J connectivity index is 2.09. The van der Waals surface area contributed by atoms with E-state index in [1.807, 2.05) is 11.4 Å². The molecule has 1 aliphatic heterocycles. The summed E-state index contributed by atoms with van der Waals surface area (Å²) in [4.78, 5) is 14.5. The monoisotopic (exact) mass is 305 g/mol. The molecule has 1 aromatic heterocycles. The number of rotatable bonds is 4. The van der Waals surface area contributed by atoms with Gasteiger partial charge in [-0.3, -0.25) is 9.69 Å². The van der Waals surface area contributed by atoms with E-state index in [1.54, 1.807) is 22.7 Å². The minimum atomic E-state index is -3.13. The Morgan fingerprint density at radius 3 is 2.94 bits per heavy atom. The molecule has 1 fully saturated rings. The number of carbonyl (C=O) groups excluding carboxylic acids is 1. The predicted molar refractivity (Wildman–Crippen MR) is 76.2 cm³/mol. The van der Waals surface area contributed by atoms with Gasteiger partial charge in [0.05, 0.1) is 11.4 Å². The molecule has 1 saturated heterocycles. The third-order valence-corrected chi connectivity index (χ3v) is 6.43. The highest BCUT2D eigenvalue weighted by Gasteiger charge is 2.32. The fraction of sp³-hybridized carbons (Fsp3) is 0.545. The molecule has 18 heavy (non-hydrogen) atoms. The first-order valence-corrected chi connectivity index (χ1v) is 9.55. The first-order chi connectivity index (χ1) is 8.48. The molecule has 7 heteroatoms. The molecule has 1 aromatic rings. The molecule has 0 radical (unpaired) electrons. The van der Waals surface area contributed by atoms with Crippen LogP contribution in [0.15, 0.2) is 17.5 Å². The number of ketones is 1. The van der Waals surface area contributed by atoms with Crippen LogP contribution < -0.4 is 0 Å². The maximum absolute atomic E-state index is 12.0. The Hall–Kier alpha value is -0.370. The Kier molecular flexibility index (Phi) is 4.47. The molecule has 0 saturated carbocycles. The summed E-state index contributed by atoms with van der Waals surface area (Å²) in [6.07, 6.45) is 1.24. The van der Waals surface area contributed by atoms with Crippen molar-refractivity contribution in [3.8, 4) is 0 Å². The summed E-state index contributed by atoms with van der Waals surface area (Å²) < 4.78 is 23.4. The number of hydrogen-bond acceptors (Lipinski definition) is 6. The highest BCUT2D eigenvalue weighted by molar-refractivity contribution is 8.00. The van der Waals surface area contributed by atoms with Crippen molar-refractivity contribution >= 4 is 38.7 Å². The Labute approximate surface area is 115 Å². The average molecular weight is 305 g/mol. The van der Waals surface area contributed by atoms with Crippen LogP contribution >= 0.6 is 23.1 Å². The first-order valence-electron chi connectivity index (χ1n) is 5.56. The second kappa shape index (κ2) is 5.73. The van der Waals surface area contributed by atoms with E-state index >= 15 is 0 Å². The summed E-state index contributed by atoms with van der Waals surface area (Å²) in [7, 11) is -3.13. The highest BCUT2D eigenvalue weighted by Crippen LogP contribution is 2.21. The molecule has 0 bridgehead atoms. The van der Waals surface area contributed by atoms with Crippen LogP contribution in [0.1, 0.15) is 9.67 Å². The van der Waals surface area contributed by atoms with Crippen molar-refractivity contribution in [2.24, 2.45) is 0 Å². The molecule has 0 amide bonds. The molecule has 0 spiro atoms. The molecule has 0 N–H and O–H groups in total.